The Labute approximate surface area is 96.0 Å². The lowest BCUT2D eigenvalue weighted by atomic mass is 10.3. The number of piperazine rings is 1. The minimum absolute atomic E-state index is 0.247. The molecule has 16 heavy (non-hydrogen) atoms. The van der Waals surface area contributed by atoms with Crippen LogP contribution in [0, 0.1) is 0 Å². The van der Waals surface area contributed by atoms with E-state index in [9.17, 15) is 9.59 Å². The molecule has 2 saturated heterocycles. The Hall–Kier alpha value is -1.10. The van der Waals surface area contributed by atoms with E-state index >= 15 is 0 Å². The molecule has 2 fully saturated rings. The molecule has 0 aromatic rings. The van der Waals surface area contributed by atoms with Gasteiger partial charge in [-0.3, -0.25) is 14.5 Å². The van der Waals surface area contributed by atoms with E-state index in [0.29, 0.717) is 6.54 Å². The molecule has 0 radical (unpaired) electrons. The molecular formula is C11H19N3O2. The normalized spacial score (nSPS) is 22.5. The second-order valence-corrected chi connectivity index (χ2v) is 4.51. The average Bonchev–Trinajstić information content (AvgIpc) is 2.83. The summed E-state index contributed by atoms with van der Waals surface area (Å²) >= 11 is 0. The molecular weight excluding hydrogens is 206 g/mol. The summed E-state index contributed by atoms with van der Waals surface area (Å²) in [6.07, 6.45) is 3.18. The Morgan fingerprint density at radius 3 is 2.19 bits per heavy atom. The number of carbonyl (C=O) groups is 2. The zero-order chi connectivity index (χ0) is 11.4. The first kappa shape index (κ1) is 11.4. The summed E-state index contributed by atoms with van der Waals surface area (Å²) in [7, 11) is 0. The van der Waals surface area contributed by atoms with E-state index < -0.39 is 0 Å². The lowest BCUT2D eigenvalue weighted by Gasteiger charge is -2.32. The van der Waals surface area contributed by atoms with Crippen molar-refractivity contribution in [3.63, 3.8) is 0 Å². The highest BCUT2D eigenvalue weighted by Crippen LogP contribution is 2.08. The number of nitrogens with zero attached hydrogens (tertiary/aromatic N) is 3. The summed E-state index contributed by atoms with van der Waals surface area (Å²) in [5.74, 6) is 0.247. The highest BCUT2D eigenvalue weighted by Gasteiger charge is 2.22. The third-order valence-corrected chi connectivity index (χ3v) is 3.37. The fourth-order valence-corrected chi connectivity index (χ4v) is 2.28. The van der Waals surface area contributed by atoms with Crippen LogP contribution in [-0.2, 0) is 9.59 Å². The quantitative estimate of drug-likeness (QED) is 0.601. The molecule has 2 heterocycles. The maximum Gasteiger partial charge on any atom is 0.236 e. The van der Waals surface area contributed by atoms with E-state index in [-0.39, 0.29) is 5.91 Å². The number of hydrogen-bond acceptors (Lipinski definition) is 3. The molecule has 2 aliphatic heterocycles. The SMILES string of the molecule is O=CN1CCN(CC(=O)N2CCCC2)CC1. The van der Waals surface area contributed by atoms with Gasteiger partial charge in [0, 0.05) is 39.3 Å². The van der Waals surface area contributed by atoms with Gasteiger partial charge >= 0.3 is 0 Å². The van der Waals surface area contributed by atoms with Crippen molar-refractivity contribution in [3.8, 4) is 0 Å². The van der Waals surface area contributed by atoms with Crippen molar-refractivity contribution in [1.29, 1.82) is 0 Å². The van der Waals surface area contributed by atoms with Gasteiger partial charge in [-0.1, -0.05) is 0 Å². The number of likely N-dealkylation sites (tertiary alicyclic amines) is 1. The molecule has 5 heteroatoms. The van der Waals surface area contributed by atoms with Gasteiger partial charge in [0.05, 0.1) is 6.54 Å². The van der Waals surface area contributed by atoms with Crippen LogP contribution in [0.25, 0.3) is 0 Å². The van der Waals surface area contributed by atoms with Crippen molar-refractivity contribution in [2.75, 3.05) is 45.8 Å². The van der Waals surface area contributed by atoms with Crippen LogP contribution < -0.4 is 0 Å². The molecule has 0 aromatic heterocycles. The summed E-state index contributed by atoms with van der Waals surface area (Å²) in [6, 6.07) is 0. The lowest BCUT2D eigenvalue weighted by Crippen LogP contribution is -2.49. The van der Waals surface area contributed by atoms with Gasteiger partial charge in [-0.05, 0) is 12.8 Å². The Morgan fingerprint density at radius 2 is 1.62 bits per heavy atom. The van der Waals surface area contributed by atoms with Gasteiger partial charge < -0.3 is 9.80 Å². The topological polar surface area (TPSA) is 43.9 Å². The van der Waals surface area contributed by atoms with Crippen LogP contribution in [-0.4, -0.2) is 72.8 Å². The Kier molecular flexibility index (Phi) is 3.77. The van der Waals surface area contributed by atoms with Gasteiger partial charge in [0.2, 0.25) is 12.3 Å². The third kappa shape index (κ3) is 2.72. The molecule has 0 aliphatic carbocycles. The minimum Gasteiger partial charge on any atom is -0.343 e. The fraction of sp³-hybridized carbons (Fsp3) is 0.818. The molecule has 5 nitrogen and oxygen atoms in total. The summed E-state index contributed by atoms with van der Waals surface area (Å²) < 4.78 is 0. The lowest BCUT2D eigenvalue weighted by molar-refractivity contribution is -0.132. The first-order valence-electron chi connectivity index (χ1n) is 5.99. The second kappa shape index (κ2) is 5.30. The van der Waals surface area contributed by atoms with E-state index in [4.69, 9.17) is 0 Å². The van der Waals surface area contributed by atoms with Crippen LogP contribution in [0.2, 0.25) is 0 Å². The Morgan fingerprint density at radius 1 is 1.00 bits per heavy atom. The maximum absolute atomic E-state index is 11.9. The molecule has 0 N–H and O–H groups in total. The van der Waals surface area contributed by atoms with E-state index in [1.54, 1.807) is 4.90 Å². The van der Waals surface area contributed by atoms with Gasteiger partial charge in [0.1, 0.15) is 0 Å². The zero-order valence-corrected chi connectivity index (χ0v) is 9.60. The Balaban J connectivity index is 1.73. The molecule has 2 amide bonds. The average molecular weight is 225 g/mol. The van der Waals surface area contributed by atoms with E-state index in [0.717, 1.165) is 58.5 Å². The summed E-state index contributed by atoms with van der Waals surface area (Å²) in [6.45, 7) is 5.50. The van der Waals surface area contributed by atoms with Gasteiger partial charge in [-0.25, -0.2) is 0 Å². The van der Waals surface area contributed by atoms with Gasteiger partial charge in [-0.15, -0.1) is 0 Å². The standard InChI is InChI=1S/C11H19N3O2/c15-10-13-7-5-12(6-8-13)9-11(16)14-3-1-2-4-14/h10H,1-9H2. The highest BCUT2D eigenvalue weighted by atomic mass is 16.2. The van der Waals surface area contributed by atoms with Gasteiger partial charge in [-0.2, -0.15) is 0 Å². The Bertz CT molecular complexity index is 256. The monoisotopic (exact) mass is 225 g/mol. The number of amides is 2. The van der Waals surface area contributed by atoms with Crippen LogP contribution in [0.4, 0.5) is 0 Å². The van der Waals surface area contributed by atoms with Gasteiger partial charge in [0.15, 0.2) is 0 Å². The van der Waals surface area contributed by atoms with Crippen LogP contribution in [0.3, 0.4) is 0 Å². The second-order valence-electron chi connectivity index (χ2n) is 4.51. The molecule has 0 unspecified atom stereocenters. The molecule has 0 atom stereocenters. The highest BCUT2D eigenvalue weighted by molar-refractivity contribution is 5.78. The third-order valence-electron chi connectivity index (χ3n) is 3.37. The summed E-state index contributed by atoms with van der Waals surface area (Å²) in [5.41, 5.74) is 0. The van der Waals surface area contributed by atoms with Crippen LogP contribution in [0.5, 0.6) is 0 Å². The molecule has 0 aromatic carbocycles. The first-order valence-corrected chi connectivity index (χ1v) is 5.99. The van der Waals surface area contributed by atoms with Crippen molar-refractivity contribution in [2.24, 2.45) is 0 Å². The van der Waals surface area contributed by atoms with Crippen LogP contribution >= 0.6 is 0 Å². The number of hydrogen-bond donors (Lipinski definition) is 0. The van der Waals surface area contributed by atoms with E-state index in [1.807, 2.05) is 4.90 Å². The smallest absolute Gasteiger partial charge is 0.236 e. The zero-order valence-electron chi connectivity index (χ0n) is 9.60. The molecule has 0 saturated carbocycles. The predicted molar refractivity (Wildman–Crippen MR) is 59.9 cm³/mol. The number of carbonyl (C=O) groups excluding carboxylic acids is 2. The maximum atomic E-state index is 11.9. The van der Waals surface area contributed by atoms with Crippen LogP contribution in [0.1, 0.15) is 12.8 Å². The minimum atomic E-state index is 0.247. The van der Waals surface area contributed by atoms with Crippen LogP contribution in [0.15, 0.2) is 0 Å². The summed E-state index contributed by atoms with van der Waals surface area (Å²) in [5, 5.41) is 0. The largest absolute Gasteiger partial charge is 0.343 e. The van der Waals surface area contributed by atoms with Crippen molar-refractivity contribution >= 4 is 12.3 Å². The molecule has 0 spiro atoms. The van der Waals surface area contributed by atoms with Crippen molar-refractivity contribution in [3.05, 3.63) is 0 Å². The molecule has 0 bridgehead atoms. The van der Waals surface area contributed by atoms with Crippen molar-refractivity contribution in [1.82, 2.24) is 14.7 Å². The first-order chi connectivity index (χ1) is 7.79. The fourth-order valence-electron chi connectivity index (χ4n) is 2.28. The van der Waals surface area contributed by atoms with E-state index in [1.165, 1.54) is 0 Å². The summed E-state index contributed by atoms with van der Waals surface area (Å²) in [4.78, 5) is 28.2. The predicted octanol–water partition coefficient (Wildman–Crippen LogP) is -0.617. The molecule has 2 rings (SSSR count). The van der Waals surface area contributed by atoms with Crippen molar-refractivity contribution < 1.29 is 9.59 Å². The molecule has 2 aliphatic rings. The van der Waals surface area contributed by atoms with Gasteiger partial charge in [0.25, 0.3) is 0 Å². The number of rotatable bonds is 3. The van der Waals surface area contributed by atoms with Crippen molar-refractivity contribution in [2.45, 2.75) is 12.8 Å². The van der Waals surface area contributed by atoms with E-state index in [2.05, 4.69) is 4.90 Å². The molecule has 90 valence electrons.